The lowest BCUT2D eigenvalue weighted by molar-refractivity contribution is 0.435. The van der Waals surface area contributed by atoms with E-state index in [4.69, 9.17) is 5.10 Å². The standard InChI is InChI=1S/C29H31N7O4S3/c1-19(2)43(39,40)35-13-9-22(10-14-35)24-15-23(42(37,38)34-29(18-30)11-12-29)16-25-26(28-32-31-20(3)41-28)33-36(27(24)25)17-21-7-5-4-6-8-21/h4-9,15-16,19,34H,10-14,17H2,1-3H3. The molecular weight excluding hydrogens is 607 g/mol. The quantitative estimate of drug-likeness (QED) is 0.289. The SMILES string of the molecule is Cc1nnc(-c2nn(Cc3ccccc3)c3c(C4=CCN(S(=O)(=O)C(C)C)CC4)cc(S(=O)(=O)NC4(C#N)CC4)cc23)s1. The summed E-state index contributed by atoms with van der Waals surface area (Å²) in [5.74, 6) is 0. The predicted molar refractivity (Wildman–Crippen MR) is 165 cm³/mol. The van der Waals surface area contributed by atoms with Crippen LogP contribution in [0, 0.1) is 18.3 Å². The lowest BCUT2D eigenvalue weighted by atomic mass is 9.97. The Kier molecular flexibility index (Phi) is 7.50. The van der Waals surface area contributed by atoms with Gasteiger partial charge in [0.1, 0.15) is 16.2 Å². The highest BCUT2D eigenvalue weighted by Crippen LogP contribution is 2.40. The van der Waals surface area contributed by atoms with Crippen LogP contribution in [0.1, 0.15) is 49.2 Å². The lowest BCUT2D eigenvalue weighted by Crippen LogP contribution is -2.39. The molecule has 0 radical (unpaired) electrons. The summed E-state index contributed by atoms with van der Waals surface area (Å²) in [7, 11) is -7.54. The third kappa shape index (κ3) is 5.63. The van der Waals surface area contributed by atoms with Crippen molar-refractivity contribution in [3.63, 3.8) is 0 Å². The van der Waals surface area contributed by atoms with Crippen molar-refractivity contribution in [3.8, 4) is 16.8 Å². The molecule has 14 heteroatoms. The molecule has 0 atom stereocenters. The Labute approximate surface area is 255 Å². The summed E-state index contributed by atoms with van der Waals surface area (Å²) >= 11 is 1.37. The van der Waals surface area contributed by atoms with E-state index in [0.29, 0.717) is 47.5 Å². The van der Waals surface area contributed by atoms with Gasteiger partial charge in [-0.05, 0) is 63.3 Å². The number of rotatable bonds is 9. The van der Waals surface area contributed by atoms with Gasteiger partial charge in [-0.2, -0.15) is 19.4 Å². The topological polar surface area (TPSA) is 151 Å². The Morgan fingerprint density at radius 2 is 1.86 bits per heavy atom. The molecule has 1 aliphatic carbocycles. The molecule has 2 aliphatic rings. The summed E-state index contributed by atoms with van der Waals surface area (Å²) in [6.07, 6.45) is 3.15. The number of benzene rings is 2. The number of fused-ring (bicyclic) bond motifs is 1. The molecule has 1 aliphatic heterocycles. The maximum atomic E-state index is 13.7. The number of sulfonamides is 2. The number of hydrogen-bond acceptors (Lipinski definition) is 9. The molecule has 0 bridgehead atoms. The van der Waals surface area contributed by atoms with E-state index < -0.39 is 30.8 Å². The molecule has 0 saturated heterocycles. The Bertz CT molecular complexity index is 2000. The van der Waals surface area contributed by atoms with Crippen LogP contribution in [0.2, 0.25) is 0 Å². The second-order valence-corrected chi connectivity index (χ2v) is 16.6. The number of nitrogens with one attached hydrogen (secondary N) is 1. The van der Waals surface area contributed by atoms with E-state index in [1.54, 1.807) is 26.0 Å². The molecule has 1 N–H and O–H groups in total. The van der Waals surface area contributed by atoms with Gasteiger partial charge in [0, 0.05) is 24.0 Å². The van der Waals surface area contributed by atoms with Crippen LogP contribution >= 0.6 is 11.3 Å². The normalized spacial score (nSPS) is 17.2. The van der Waals surface area contributed by atoms with E-state index in [9.17, 15) is 22.1 Å². The van der Waals surface area contributed by atoms with Crippen LogP contribution in [0.25, 0.3) is 27.2 Å². The molecule has 4 aromatic rings. The van der Waals surface area contributed by atoms with E-state index >= 15 is 0 Å². The first-order chi connectivity index (χ1) is 20.4. The minimum absolute atomic E-state index is 0.0106. The molecule has 11 nitrogen and oxygen atoms in total. The van der Waals surface area contributed by atoms with Crippen molar-refractivity contribution in [2.75, 3.05) is 13.1 Å². The smallest absolute Gasteiger partial charge is 0.241 e. The van der Waals surface area contributed by atoms with E-state index in [0.717, 1.165) is 21.7 Å². The Hall–Kier alpha value is -3.48. The third-order valence-corrected chi connectivity index (χ3v) is 12.4. The summed E-state index contributed by atoms with van der Waals surface area (Å²) in [5.41, 5.74) is 2.62. The number of hydrogen-bond donors (Lipinski definition) is 1. The molecular formula is C29H31N7O4S3. The van der Waals surface area contributed by atoms with Gasteiger partial charge in [-0.1, -0.05) is 47.7 Å². The van der Waals surface area contributed by atoms with Gasteiger partial charge in [0.25, 0.3) is 0 Å². The van der Waals surface area contributed by atoms with Crippen LogP contribution in [0.15, 0.2) is 53.4 Å². The molecule has 0 unspecified atom stereocenters. The zero-order valence-electron chi connectivity index (χ0n) is 24.0. The maximum absolute atomic E-state index is 13.7. The van der Waals surface area contributed by atoms with Crippen LogP contribution in [0.4, 0.5) is 0 Å². The van der Waals surface area contributed by atoms with Gasteiger partial charge in [-0.3, -0.25) is 4.68 Å². The van der Waals surface area contributed by atoms with Crippen molar-refractivity contribution >= 4 is 47.9 Å². The third-order valence-electron chi connectivity index (χ3n) is 7.80. The van der Waals surface area contributed by atoms with Crippen molar-refractivity contribution in [3.05, 3.63) is 64.7 Å². The summed E-state index contributed by atoms with van der Waals surface area (Å²) < 4.78 is 59.1. The van der Waals surface area contributed by atoms with E-state index in [2.05, 4.69) is 21.0 Å². The minimum Gasteiger partial charge on any atom is -0.259 e. The molecule has 2 aromatic heterocycles. The summed E-state index contributed by atoms with van der Waals surface area (Å²) in [4.78, 5) is 0.0106. The molecule has 0 spiro atoms. The van der Waals surface area contributed by atoms with Gasteiger partial charge in [-0.25, -0.2) is 16.8 Å². The van der Waals surface area contributed by atoms with Gasteiger partial charge in [0.15, 0.2) is 5.01 Å². The number of aryl methyl sites for hydroxylation is 1. The first-order valence-electron chi connectivity index (χ1n) is 13.9. The van der Waals surface area contributed by atoms with E-state index in [1.807, 2.05) is 48.0 Å². The van der Waals surface area contributed by atoms with Crippen molar-refractivity contribution in [1.82, 2.24) is 29.0 Å². The van der Waals surface area contributed by atoms with Crippen LogP contribution in [-0.4, -0.2) is 65.0 Å². The van der Waals surface area contributed by atoms with Gasteiger partial charge in [0.2, 0.25) is 20.0 Å². The monoisotopic (exact) mass is 637 g/mol. The van der Waals surface area contributed by atoms with Crippen molar-refractivity contribution in [2.45, 2.75) is 62.3 Å². The molecule has 43 heavy (non-hydrogen) atoms. The summed E-state index contributed by atoms with van der Waals surface area (Å²) in [6.45, 7) is 6.04. The highest BCUT2D eigenvalue weighted by atomic mass is 32.2. The number of nitrogens with zero attached hydrogens (tertiary/aromatic N) is 6. The zero-order chi connectivity index (χ0) is 30.6. The number of aromatic nitrogens is 4. The van der Waals surface area contributed by atoms with Crippen LogP contribution in [0.5, 0.6) is 0 Å². The highest BCUT2D eigenvalue weighted by Gasteiger charge is 2.47. The molecule has 224 valence electrons. The zero-order valence-corrected chi connectivity index (χ0v) is 26.4. The molecule has 1 fully saturated rings. The predicted octanol–water partition coefficient (Wildman–Crippen LogP) is 4.07. The van der Waals surface area contributed by atoms with Crippen molar-refractivity contribution in [2.24, 2.45) is 0 Å². The highest BCUT2D eigenvalue weighted by molar-refractivity contribution is 7.90. The average molecular weight is 638 g/mol. The Morgan fingerprint density at radius 1 is 1.12 bits per heavy atom. The molecule has 0 amide bonds. The minimum atomic E-state index is -4.08. The number of nitriles is 1. The first kappa shape index (κ1) is 29.6. The summed E-state index contributed by atoms with van der Waals surface area (Å²) in [6, 6.07) is 15.1. The maximum Gasteiger partial charge on any atom is 0.241 e. The van der Waals surface area contributed by atoms with Crippen LogP contribution in [-0.2, 0) is 26.6 Å². The van der Waals surface area contributed by atoms with Crippen molar-refractivity contribution in [1.29, 1.82) is 5.26 Å². The Morgan fingerprint density at radius 3 is 2.44 bits per heavy atom. The fourth-order valence-corrected chi connectivity index (χ4v) is 8.56. The Balaban J connectivity index is 1.57. The second kappa shape index (κ2) is 10.9. The molecule has 6 rings (SSSR count). The van der Waals surface area contributed by atoms with Crippen LogP contribution in [0.3, 0.4) is 0 Å². The molecule has 1 saturated carbocycles. The van der Waals surface area contributed by atoms with Gasteiger partial charge in [-0.15, -0.1) is 10.2 Å². The van der Waals surface area contributed by atoms with Gasteiger partial charge < -0.3 is 0 Å². The van der Waals surface area contributed by atoms with E-state index in [-0.39, 0.29) is 18.0 Å². The largest absolute Gasteiger partial charge is 0.259 e. The molecule has 2 aromatic carbocycles. The van der Waals surface area contributed by atoms with Gasteiger partial charge in [0.05, 0.1) is 28.3 Å². The fraction of sp³-hybridized carbons (Fsp3) is 0.379. The van der Waals surface area contributed by atoms with Crippen LogP contribution < -0.4 is 4.72 Å². The second-order valence-electron chi connectivity index (χ2n) is 11.2. The van der Waals surface area contributed by atoms with Crippen molar-refractivity contribution < 1.29 is 16.8 Å². The average Bonchev–Trinajstić information content (AvgIpc) is 3.46. The fourth-order valence-electron chi connectivity index (χ4n) is 5.21. The van der Waals surface area contributed by atoms with E-state index in [1.165, 1.54) is 15.6 Å². The lowest BCUT2D eigenvalue weighted by Gasteiger charge is -2.28. The summed E-state index contributed by atoms with van der Waals surface area (Å²) in [5, 5.41) is 24.4. The molecule has 3 heterocycles. The van der Waals surface area contributed by atoms with Gasteiger partial charge >= 0.3 is 0 Å². The first-order valence-corrected chi connectivity index (χ1v) is 17.8.